The number of nitrogens with zero attached hydrogens (tertiary/aromatic N) is 1. The van der Waals surface area contributed by atoms with Crippen molar-refractivity contribution in [3.63, 3.8) is 0 Å². The Morgan fingerprint density at radius 2 is 1.84 bits per heavy atom. The van der Waals surface area contributed by atoms with Gasteiger partial charge in [0.15, 0.2) is 0 Å². The van der Waals surface area contributed by atoms with Gasteiger partial charge in [-0.3, -0.25) is 9.78 Å². The maximum atomic E-state index is 11.7. The first-order valence-electron chi connectivity index (χ1n) is 6.54. The quantitative estimate of drug-likeness (QED) is 0.804. The third-order valence-corrected chi connectivity index (χ3v) is 2.89. The molecular formula is C16H18N2O. The Labute approximate surface area is 113 Å². The van der Waals surface area contributed by atoms with Crippen molar-refractivity contribution in [2.24, 2.45) is 0 Å². The molecule has 0 radical (unpaired) electrons. The summed E-state index contributed by atoms with van der Waals surface area (Å²) >= 11 is 0. The highest BCUT2D eigenvalue weighted by Gasteiger charge is 2.02. The molecule has 0 unspecified atom stereocenters. The average Bonchev–Trinajstić information content (AvgIpc) is 2.46. The van der Waals surface area contributed by atoms with Crippen LogP contribution in [0.5, 0.6) is 0 Å². The summed E-state index contributed by atoms with van der Waals surface area (Å²) in [6, 6.07) is 14.1. The first kappa shape index (κ1) is 13.3. The van der Waals surface area contributed by atoms with Crippen LogP contribution < -0.4 is 5.32 Å². The van der Waals surface area contributed by atoms with E-state index >= 15 is 0 Å². The Kier molecular flexibility index (Phi) is 5.11. The number of aryl methyl sites for hydroxylation is 1. The molecule has 19 heavy (non-hydrogen) atoms. The van der Waals surface area contributed by atoms with Gasteiger partial charge in [-0.1, -0.05) is 36.4 Å². The van der Waals surface area contributed by atoms with E-state index < -0.39 is 0 Å². The van der Waals surface area contributed by atoms with Crippen LogP contribution in [0.2, 0.25) is 0 Å². The molecule has 0 fully saturated rings. The second-order valence-electron chi connectivity index (χ2n) is 4.48. The minimum Gasteiger partial charge on any atom is -0.356 e. The van der Waals surface area contributed by atoms with Crippen molar-refractivity contribution >= 4 is 5.91 Å². The van der Waals surface area contributed by atoms with Crippen molar-refractivity contribution < 1.29 is 4.79 Å². The van der Waals surface area contributed by atoms with Gasteiger partial charge >= 0.3 is 0 Å². The molecule has 2 rings (SSSR count). The Hall–Kier alpha value is -2.16. The van der Waals surface area contributed by atoms with E-state index in [0.717, 1.165) is 18.4 Å². The molecule has 1 N–H and O–H groups in total. The maximum Gasteiger partial charge on any atom is 0.224 e. The van der Waals surface area contributed by atoms with E-state index in [1.54, 1.807) is 12.4 Å². The number of pyridine rings is 1. The van der Waals surface area contributed by atoms with Crippen LogP contribution in [0.1, 0.15) is 17.5 Å². The zero-order chi connectivity index (χ0) is 13.3. The summed E-state index contributed by atoms with van der Waals surface area (Å²) < 4.78 is 0. The van der Waals surface area contributed by atoms with Crippen LogP contribution in [-0.4, -0.2) is 17.4 Å². The summed E-state index contributed by atoms with van der Waals surface area (Å²) in [5.74, 6) is 0.0565. The fourth-order valence-corrected chi connectivity index (χ4v) is 1.92. The van der Waals surface area contributed by atoms with Crippen LogP contribution in [0.25, 0.3) is 0 Å². The summed E-state index contributed by atoms with van der Waals surface area (Å²) in [4.78, 5) is 15.7. The number of nitrogens with one attached hydrogen (secondary N) is 1. The summed E-state index contributed by atoms with van der Waals surface area (Å²) in [5, 5.41) is 2.93. The van der Waals surface area contributed by atoms with Gasteiger partial charge in [0.2, 0.25) is 5.91 Å². The van der Waals surface area contributed by atoms with Crippen molar-refractivity contribution in [2.45, 2.75) is 19.3 Å². The van der Waals surface area contributed by atoms with Crippen LogP contribution in [0, 0.1) is 0 Å². The van der Waals surface area contributed by atoms with E-state index in [1.807, 2.05) is 30.3 Å². The zero-order valence-electron chi connectivity index (χ0n) is 10.9. The van der Waals surface area contributed by atoms with Gasteiger partial charge in [-0.2, -0.15) is 0 Å². The van der Waals surface area contributed by atoms with Crippen LogP contribution in [-0.2, 0) is 17.6 Å². The van der Waals surface area contributed by atoms with Crippen LogP contribution in [0.15, 0.2) is 54.9 Å². The number of benzene rings is 1. The predicted octanol–water partition coefficient (Wildman–Crippen LogP) is 2.37. The molecule has 1 aromatic carbocycles. The van der Waals surface area contributed by atoms with E-state index in [1.165, 1.54) is 5.56 Å². The summed E-state index contributed by atoms with van der Waals surface area (Å²) in [5.41, 5.74) is 2.26. The van der Waals surface area contributed by atoms with Crippen LogP contribution in [0.4, 0.5) is 0 Å². The van der Waals surface area contributed by atoms with E-state index in [4.69, 9.17) is 0 Å². The maximum absolute atomic E-state index is 11.7. The summed E-state index contributed by atoms with van der Waals surface area (Å²) in [6.45, 7) is 0.716. The van der Waals surface area contributed by atoms with Crippen molar-refractivity contribution in [3.05, 3.63) is 66.0 Å². The van der Waals surface area contributed by atoms with Gasteiger partial charge in [-0.05, 0) is 30.0 Å². The molecule has 0 aliphatic carbocycles. The molecule has 0 spiro atoms. The molecule has 1 aromatic heterocycles. The Bertz CT molecular complexity index is 497. The third-order valence-electron chi connectivity index (χ3n) is 2.89. The minimum absolute atomic E-state index is 0.0565. The second-order valence-corrected chi connectivity index (χ2v) is 4.48. The minimum atomic E-state index is 0.0565. The number of hydrogen-bond donors (Lipinski definition) is 1. The van der Waals surface area contributed by atoms with Crippen molar-refractivity contribution in [1.82, 2.24) is 10.3 Å². The Morgan fingerprint density at radius 1 is 1.05 bits per heavy atom. The van der Waals surface area contributed by atoms with Gasteiger partial charge in [-0.25, -0.2) is 0 Å². The Morgan fingerprint density at radius 3 is 2.58 bits per heavy atom. The lowest BCUT2D eigenvalue weighted by atomic mass is 10.1. The van der Waals surface area contributed by atoms with E-state index in [-0.39, 0.29) is 5.91 Å². The number of carbonyl (C=O) groups excluding carboxylic acids is 1. The average molecular weight is 254 g/mol. The molecule has 0 atom stereocenters. The molecule has 3 nitrogen and oxygen atoms in total. The van der Waals surface area contributed by atoms with Crippen LogP contribution in [0.3, 0.4) is 0 Å². The predicted molar refractivity (Wildman–Crippen MR) is 75.7 cm³/mol. The van der Waals surface area contributed by atoms with E-state index in [0.29, 0.717) is 13.0 Å². The number of hydrogen-bond acceptors (Lipinski definition) is 2. The van der Waals surface area contributed by atoms with Gasteiger partial charge in [0.05, 0.1) is 6.42 Å². The number of amides is 1. The highest BCUT2D eigenvalue weighted by atomic mass is 16.1. The van der Waals surface area contributed by atoms with Crippen LogP contribution >= 0.6 is 0 Å². The highest BCUT2D eigenvalue weighted by Crippen LogP contribution is 2.01. The molecule has 1 heterocycles. The lowest BCUT2D eigenvalue weighted by Gasteiger charge is -2.05. The van der Waals surface area contributed by atoms with Gasteiger partial charge in [0.25, 0.3) is 0 Å². The SMILES string of the molecule is O=C(Cc1cccnc1)NCCCc1ccccc1. The van der Waals surface area contributed by atoms with Crippen molar-refractivity contribution in [2.75, 3.05) is 6.54 Å². The number of carbonyl (C=O) groups is 1. The summed E-state index contributed by atoms with van der Waals surface area (Å²) in [6.07, 6.45) is 5.79. The van der Waals surface area contributed by atoms with Gasteiger partial charge in [0.1, 0.15) is 0 Å². The molecule has 0 bridgehead atoms. The smallest absolute Gasteiger partial charge is 0.224 e. The third kappa shape index (κ3) is 4.92. The van der Waals surface area contributed by atoms with E-state index in [9.17, 15) is 4.79 Å². The molecule has 0 saturated heterocycles. The largest absolute Gasteiger partial charge is 0.356 e. The van der Waals surface area contributed by atoms with Crippen molar-refractivity contribution in [3.8, 4) is 0 Å². The topological polar surface area (TPSA) is 42.0 Å². The van der Waals surface area contributed by atoms with Crippen molar-refractivity contribution in [1.29, 1.82) is 0 Å². The molecule has 0 aliphatic heterocycles. The van der Waals surface area contributed by atoms with Gasteiger partial charge in [-0.15, -0.1) is 0 Å². The molecule has 1 amide bonds. The monoisotopic (exact) mass is 254 g/mol. The summed E-state index contributed by atoms with van der Waals surface area (Å²) in [7, 11) is 0. The number of aromatic nitrogens is 1. The standard InChI is InChI=1S/C16H18N2O/c19-16(12-15-9-4-10-17-13-15)18-11-5-8-14-6-2-1-3-7-14/h1-4,6-7,9-10,13H,5,8,11-12H2,(H,18,19). The number of rotatable bonds is 6. The molecule has 0 saturated carbocycles. The Balaban J connectivity index is 1.65. The first-order valence-corrected chi connectivity index (χ1v) is 6.54. The molecule has 3 heteroatoms. The highest BCUT2D eigenvalue weighted by molar-refractivity contribution is 5.78. The fourth-order valence-electron chi connectivity index (χ4n) is 1.92. The zero-order valence-corrected chi connectivity index (χ0v) is 10.9. The molecule has 0 aliphatic rings. The van der Waals surface area contributed by atoms with Gasteiger partial charge in [0, 0.05) is 18.9 Å². The lowest BCUT2D eigenvalue weighted by molar-refractivity contribution is -0.120. The lowest BCUT2D eigenvalue weighted by Crippen LogP contribution is -2.26. The second kappa shape index (κ2) is 7.31. The normalized spacial score (nSPS) is 10.1. The fraction of sp³-hybridized carbons (Fsp3) is 0.250. The first-order chi connectivity index (χ1) is 9.34. The molecular weight excluding hydrogens is 236 g/mol. The molecule has 98 valence electrons. The molecule has 2 aromatic rings. The van der Waals surface area contributed by atoms with Gasteiger partial charge < -0.3 is 5.32 Å². The van der Waals surface area contributed by atoms with E-state index in [2.05, 4.69) is 22.4 Å².